The predicted octanol–water partition coefficient (Wildman–Crippen LogP) is 1.38. The predicted molar refractivity (Wildman–Crippen MR) is 118 cm³/mol. The molecule has 2 aromatic carbocycles. The van der Waals surface area contributed by atoms with Crippen molar-refractivity contribution >= 4 is 25.8 Å². The van der Waals surface area contributed by atoms with E-state index in [1.165, 1.54) is 6.07 Å². The smallest absolute Gasteiger partial charge is 0.504 e. The van der Waals surface area contributed by atoms with Crippen LogP contribution >= 0.6 is 7.82 Å². The Morgan fingerprint density at radius 1 is 1.03 bits per heavy atom. The van der Waals surface area contributed by atoms with Gasteiger partial charge in [-0.1, -0.05) is 36.4 Å². The summed E-state index contributed by atoms with van der Waals surface area (Å²) in [7, 11) is -4.94. The number of alkyl carbamates (subject to hydrolysis) is 1. The Balaban J connectivity index is 1.97. The molecule has 0 radical (unpaired) electrons. The maximum atomic E-state index is 12.3. The molecule has 5 N–H and O–H groups in total. The van der Waals surface area contributed by atoms with Crippen molar-refractivity contribution in [2.75, 3.05) is 13.2 Å². The minimum atomic E-state index is -4.94. The minimum Gasteiger partial charge on any atom is -0.504 e. The standard InChI is InChI=1S/C21H25N2O10P/c1-2-31-20(26)16(10-15-8-9-17(24)18(11-15)33-34(28,29)30)23-19(25)12-22-21(27)32-13-14-6-4-3-5-7-14/h3-9,11,16,24H,2,10,12-13H2,1H3,(H,22,27)(H,23,25)(H2,28,29,30)/t16-/m0/s1. The van der Waals surface area contributed by atoms with Gasteiger partial charge in [-0.05, 0) is 30.2 Å². The third-order valence-electron chi connectivity index (χ3n) is 4.19. The number of hydrogen-bond donors (Lipinski definition) is 5. The van der Waals surface area contributed by atoms with Crippen molar-refractivity contribution in [3.05, 3.63) is 59.7 Å². The van der Waals surface area contributed by atoms with Gasteiger partial charge in [-0.3, -0.25) is 14.6 Å². The van der Waals surface area contributed by atoms with E-state index >= 15 is 0 Å². The lowest BCUT2D eigenvalue weighted by Crippen LogP contribution is -2.47. The molecule has 0 bridgehead atoms. The third-order valence-corrected chi connectivity index (χ3v) is 4.63. The number of carbonyl (C=O) groups is 3. The van der Waals surface area contributed by atoms with Gasteiger partial charge in [-0.2, -0.15) is 0 Å². The van der Waals surface area contributed by atoms with Gasteiger partial charge in [0.2, 0.25) is 5.91 Å². The quantitative estimate of drug-likeness (QED) is 0.225. The fourth-order valence-corrected chi connectivity index (χ4v) is 3.13. The highest BCUT2D eigenvalue weighted by Gasteiger charge is 2.24. The van der Waals surface area contributed by atoms with Crippen LogP contribution in [0.1, 0.15) is 18.1 Å². The monoisotopic (exact) mass is 496 g/mol. The van der Waals surface area contributed by atoms with E-state index in [2.05, 4.69) is 15.2 Å². The fraction of sp³-hybridized carbons (Fsp3) is 0.286. The number of phosphoric acid groups is 1. The van der Waals surface area contributed by atoms with Crippen LogP contribution < -0.4 is 15.2 Å². The zero-order chi connectivity index (χ0) is 25.1. The van der Waals surface area contributed by atoms with Crippen molar-refractivity contribution in [1.82, 2.24) is 10.6 Å². The topological polar surface area (TPSA) is 181 Å². The van der Waals surface area contributed by atoms with Gasteiger partial charge in [-0.25, -0.2) is 14.2 Å². The summed E-state index contributed by atoms with van der Waals surface area (Å²) in [6, 6.07) is 11.3. The molecule has 184 valence electrons. The summed E-state index contributed by atoms with van der Waals surface area (Å²) in [5, 5.41) is 14.4. The lowest BCUT2D eigenvalue weighted by molar-refractivity contribution is -0.147. The number of rotatable bonds is 11. The van der Waals surface area contributed by atoms with Gasteiger partial charge in [0.25, 0.3) is 0 Å². The molecule has 0 fully saturated rings. The fourth-order valence-electron chi connectivity index (χ4n) is 2.73. The summed E-state index contributed by atoms with van der Waals surface area (Å²) < 4.78 is 25.4. The number of ether oxygens (including phenoxy) is 2. The molecule has 0 aliphatic rings. The van der Waals surface area contributed by atoms with Gasteiger partial charge in [-0.15, -0.1) is 0 Å². The van der Waals surface area contributed by atoms with E-state index in [1.807, 2.05) is 6.07 Å². The molecule has 0 saturated heterocycles. The summed E-state index contributed by atoms with van der Waals surface area (Å²) >= 11 is 0. The van der Waals surface area contributed by atoms with Crippen LogP contribution in [0.5, 0.6) is 11.5 Å². The summed E-state index contributed by atoms with van der Waals surface area (Å²) in [4.78, 5) is 54.3. The molecule has 0 aliphatic carbocycles. The van der Waals surface area contributed by atoms with Gasteiger partial charge in [0, 0.05) is 6.42 Å². The average molecular weight is 496 g/mol. The largest absolute Gasteiger partial charge is 0.524 e. The first-order chi connectivity index (χ1) is 16.1. The van der Waals surface area contributed by atoms with Gasteiger partial charge in [0.1, 0.15) is 19.2 Å². The second-order valence-electron chi connectivity index (χ2n) is 6.88. The van der Waals surface area contributed by atoms with E-state index in [1.54, 1.807) is 31.2 Å². The first-order valence-electron chi connectivity index (χ1n) is 10.0. The first kappa shape index (κ1) is 26.7. The van der Waals surface area contributed by atoms with Crippen molar-refractivity contribution in [3.63, 3.8) is 0 Å². The summed E-state index contributed by atoms with van der Waals surface area (Å²) in [5.41, 5.74) is 1.07. The van der Waals surface area contributed by atoms with Gasteiger partial charge >= 0.3 is 19.9 Å². The first-order valence-corrected chi connectivity index (χ1v) is 11.6. The molecule has 0 aromatic heterocycles. The maximum absolute atomic E-state index is 12.3. The normalized spacial score (nSPS) is 11.7. The van der Waals surface area contributed by atoms with E-state index in [0.29, 0.717) is 5.56 Å². The molecule has 0 saturated carbocycles. The average Bonchev–Trinajstić information content (AvgIpc) is 2.78. The Bertz CT molecular complexity index is 1040. The van der Waals surface area contributed by atoms with E-state index in [9.17, 15) is 24.1 Å². The van der Waals surface area contributed by atoms with Crippen LogP contribution in [0.3, 0.4) is 0 Å². The molecule has 1 atom stereocenters. The number of esters is 1. The lowest BCUT2D eigenvalue weighted by Gasteiger charge is -2.18. The molecule has 0 unspecified atom stereocenters. The summed E-state index contributed by atoms with van der Waals surface area (Å²) in [6.07, 6.45) is -0.981. The SMILES string of the molecule is CCOC(=O)[C@H](Cc1ccc(O)c(OP(=O)(O)O)c1)NC(=O)CNC(=O)OCc1ccccc1. The number of benzene rings is 2. The highest BCUT2D eigenvalue weighted by molar-refractivity contribution is 7.46. The Hall–Kier alpha value is -3.60. The Labute approximate surface area is 195 Å². The number of carbonyl (C=O) groups excluding carboxylic acids is 3. The highest BCUT2D eigenvalue weighted by atomic mass is 31.2. The second kappa shape index (κ2) is 12.6. The maximum Gasteiger partial charge on any atom is 0.524 e. The number of phenols is 1. The molecule has 0 heterocycles. The summed E-state index contributed by atoms with van der Waals surface area (Å²) in [5.74, 6) is -2.50. The van der Waals surface area contributed by atoms with Gasteiger partial charge in [0.05, 0.1) is 6.61 Å². The Morgan fingerprint density at radius 3 is 2.38 bits per heavy atom. The molecule has 13 heteroatoms. The number of nitrogens with one attached hydrogen (secondary N) is 2. The van der Waals surface area contributed by atoms with Crippen LogP contribution in [0.2, 0.25) is 0 Å². The van der Waals surface area contributed by atoms with Crippen LogP contribution in [-0.4, -0.2) is 52.1 Å². The lowest BCUT2D eigenvalue weighted by atomic mass is 10.1. The van der Waals surface area contributed by atoms with Crippen molar-refractivity contribution in [3.8, 4) is 11.5 Å². The number of hydrogen-bond acceptors (Lipinski definition) is 8. The number of amides is 2. The van der Waals surface area contributed by atoms with Crippen LogP contribution in [0, 0.1) is 0 Å². The minimum absolute atomic E-state index is 0.0135. The van der Waals surface area contributed by atoms with Gasteiger partial charge in [0.15, 0.2) is 11.5 Å². The van der Waals surface area contributed by atoms with Crippen molar-refractivity contribution in [2.24, 2.45) is 0 Å². The van der Waals surface area contributed by atoms with E-state index in [-0.39, 0.29) is 19.6 Å². The Morgan fingerprint density at radius 2 is 1.74 bits per heavy atom. The van der Waals surface area contributed by atoms with Crippen LogP contribution in [0.25, 0.3) is 0 Å². The highest BCUT2D eigenvalue weighted by Crippen LogP contribution is 2.41. The van der Waals surface area contributed by atoms with Crippen LogP contribution in [0.4, 0.5) is 4.79 Å². The zero-order valence-electron chi connectivity index (χ0n) is 18.2. The molecule has 34 heavy (non-hydrogen) atoms. The van der Waals surface area contributed by atoms with Crippen molar-refractivity contribution in [2.45, 2.75) is 26.0 Å². The molecular formula is C21H25N2O10P. The summed E-state index contributed by atoms with van der Waals surface area (Å²) in [6.45, 7) is 1.15. The zero-order valence-corrected chi connectivity index (χ0v) is 19.1. The molecule has 12 nitrogen and oxygen atoms in total. The molecular weight excluding hydrogens is 471 g/mol. The van der Waals surface area contributed by atoms with Crippen LogP contribution in [0.15, 0.2) is 48.5 Å². The number of phenolic OH excluding ortho intramolecular Hbond substituents is 1. The molecule has 2 amide bonds. The van der Waals surface area contributed by atoms with Crippen molar-refractivity contribution < 1.29 is 47.8 Å². The molecule has 2 aromatic rings. The number of phosphoric ester groups is 1. The van der Waals surface area contributed by atoms with E-state index in [4.69, 9.17) is 19.3 Å². The number of aromatic hydroxyl groups is 1. The van der Waals surface area contributed by atoms with Crippen molar-refractivity contribution in [1.29, 1.82) is 0 Å². The van der Waals surface area contributed by atoms with E-state index in [0.717, 1.165) is 17.7 Å². The Kier molecular flexibility index (Phi) is 9.87. The molecule has 2 rings (SSSR count). The molecule has 0 aliphatic heterocycles. The van der Waals surface area contributed by atoms with Crippen LogP contribution in [-0.2, 0) is 36.7 Å². The second-order valence-corrected chi connectivity index (χ2v) is 8.04. The molecule has 0 spiro atoms. The van der Waals surface area contributed by atoms with E-state index < -0.39 is 49.9 Å². The van der Waals surface area contributed by atoms with Gasteiger partial charge < -0.3 is 29.7 Å². The third kappa shape index (κ3) is 9.49.